The Labute approximate surface area is 268 Å². The number of thiol groups is 1. The Kier molecular flexibility index (Phi) is 13.2. The minimum Gasteiger partial charge on any atom is -0.355 e. The molecule has 0 spiro atoms. The topological polar surface area (TPSA) is 113 Å². The van der Waals surface area contributed by atoms with Crippen molar-refractivity contribution in [3.63, 3.8) is 0 Å². The molecule has 0 fully saturated rings. The smallest absolute Gasteiger partial charge is 0.264 e. The highest BCUT2D eigenvalue weighted by molar-refractivity contribution is 7.90. The summed E-state index contributed by atoms with van der Waals surface area (Å²) in [6.07, 6.45) is 2.31. The van der Waals surface area contributed by atoms with Gasteiger partial charge in [0.15, 0.2) is 0 Å². The maximum Gasteiger partial charge on any atom is 0.264 e. The first-order valence-electron chi connectivity index (χ1n) is 14.3. The van der Waals surface area contributed by atoms with Crippen molar-refractivity contribution in [2.24, 2.45) is 0 Å². The minimum atomic E-state index is -4.12. The Balaban J connectivity index is 1.69. The fourth-order valence-electron chi connectivity index (χ4n) is 4.59. The first-order valence-corrected chi connectivity index (χ1v) is 16.7. The Morgan fingerprint density at radius 1 is 1.00 bits per heavy atom. The van der Waals surface area contributed by atoms with E-state index in [1.165, 1.54) is 12.1 Å². The number of rotatable bonds is 15. The fourth-order valence-corrected chi connectivity index (χ4v) is 6.39. The number of unbranched alkanes of at least 4 members (excludes halogenated alkanes) is 1. The fraction of sp³-hybridized carbons (Fsp3) is 0.344. The van der Waals surface area contributed by atoms with Crippen molar-refractivity contribution in [3.8, 4) is 11.1 Å². The third-order valence-electron chi connectivity index (χ3n) is 6.81. The van der Waals surface area contributed by atoms with Crippen LogP contribution < -0.4 is 10.0 Å². The molecule has 0 aliphatic heterocycles. The van der Waals surface area contributed by atoms with Crippen LogP contribution in [-0.4, -0.2) is 49.4 Å². The zero-order valence-corrected chi connectivity index (χ0v) is 27.2. The van der Waals surface area contributed by atoms with Gasteiger partial charge >= 0.3 is 0 Å². The van der Waals surface area contributed by atoms with Gasteiger partial charge in [0, 0.05) is 60.8 Å². The van der Waals surface area contributed by atoms with Crippen molar-refractivity contribution >= 4 is 52.0 Å². The molecule has 0 unspecified atom stereocenters. The van der Waals surface area contributed by atoms with Gasteiger partial charge in [-0.1, -0.05) is 73.5 Å². The van der Waals surface area contributed by atoms with E-state index in [0.717, 1.165) is 13.3 Å². The van der Waals surface area contributed by atoms with Gasteiger partial charge in [-0.25, -0.2) is 17.5 Å². The molecule has 0 bridgehead atoms. The van der Waals surface area contributed by atoms with Crippen molar-refractivity contribution in [2.45, 2.75) is 62.6 Å². The van der Waals surface area contributed by atoms with E-state index in [9.17, 15) is 27.2 Å². The lowest BCUT2D eigenvalue weighted by atomic mass is 10.0. The monoisotopic (exact) mass is 661 g/mol. The number of hydrogen-bond donors (Lipinski definition) is 3. The normalized spacial score (nSPS) is 11.9. The van der Waals surface area contributed by atoms with Crippen LogP contribution >= 0.6 is 24.2 Å². The molecular weight excluding hydrogens is 625 g/mol. The second kappa shape index (κ2) is 16.6. The van der Waals surface area contributed by atoms with E-state index < -0.39 is 15.9 Å². The van der Waals surface area contributed by atoms with Crippen LogP contribution in [0, 0.1) is 5.82 Å². The van der Waals surface area contributed by atoms with Crippen molar-refractivity contribution < 1.29 is 27.2 Å². The van der Waals surface area contributed by atoms with Gasteiger partial charge in [-0.3, -0.25) is 14.4 Å². The predicted octanol–water partition coefficient (Wildman–Crippen LogP) is 5.54. The molecule has 0 aliphatic rings. The van der Waals surface area contributed by atoms with Crippen LogP contribution in [-0.2, 0) is 37.4 Å². The van der Waals surface area contributed by atoms with Gasteiger partial charge in [0.25, 0.3) is 10.0 Å². The van der Waals surface area contributed by atoms with Crippen molar-refractivity contribution in [1.29, 1.82) is 0 Å². The Hall–Kier alpha value is -3.41. The molecule has 3 amide bonds. The summed E-state index contributed by atoms with van der Waals surface area (Å²) in [6, 6.07) is 17.7. The molecule has 3 rings (SSSR count). The SMILES string of the molecule is CCCCC(=O)N(CCC(=O)NC[C@H](S)Cc1ccccc1F)Cc1ccc(-c2ccccc2S(=O)(=O)NC(C)=O)c(Cl)c1. The maximum atomic E-state index is 13.9. The Morgan fingerprint density at radius 2 is 1.70 bits per heavy atom. The number of halogens is 2. The van der Waals surface area contributed by atoms with E-state index in [0.29, 0.717) is 41.5 Å². The third kappa shape index (κ3) is 10.3. The quantitative estimate of drug-likeness (QED) is 0.185. The minimum absolute atomic E-state index is 0.0677. The molecule has 3 aromatic rings. The van der Waals surface area contributed by atoms with Crippen molar-refractivity contribution in [1.82, 2.24) is 14.9 Å². The molecule has 236 valence electrons. The average molecular weight is 662 g/mol. The molecular formula is C32H37ClFN3O5S2. The number of sulfonamides is 1. The van der Waals surface area contributed by atoms with E-state index >= 15 is 0 Å². The van der Waals surface area contributed by atoms with Gasteiger partial charge in [-0.15, -0.1) is 0 Å². The largest absolute Gasteiger partial charge is 0.355 e. The van der Waals surface area contributed by atoms with Gasteiger partial charge in [-0.05, 0) is 42.2 Å². The summed E-state index contributed by atoms with van der Waals surface area (Å²) in [7, 11) is -4.12. The summed E-state index contributed by atoms with van der Waals surface area (Å²) in [5.41, 5.74) is 1.99. The number of nitrogens with one attached hydrogen (secondary N) is 2. The highest BCUT2D eigenvalue weighted by atomic mass is 35.5. The standard InChI is InChI=1S/C32H37ClFN3O5S2/c1-3-4-13-32(40)37(17-16-31(39)35-20-25(43)19-24-9-5-7-11-29(24)34)21-23-14-15-26(28(33)18-23)27-10-6-8-12-30(27)44(41,42)36-22(2)38/h5-12,14-15,18,25,43H,3-4,13,16-17,19-21H2,1-2H3,(H,35,39)(H,36,38)/t25-/m1/s1. The van der Waals surface area contributed by atoms with E-state index in [1.54, 1.807) is 59.5 Å². The lowest BCUT2D eigenvalue weighted by Crippen LogP contribution is -2.36. The lowest BCUT2D eigenvalue weighted by molar-refractivity contribution is -0.132. The summed E-state index contributed by atoms with van der Waals surface area (Å²) >= 11 is 11.1. The van der Waals surface area contributed by atoms with Crippen LogP contribution in [0.3, 0.4) is 0 Å². The van der Waals surface area contributed by atoms with E-state index in [4.69, 9.17) is 11.6 Å². The van der Waals surface area contributed by atoms with Gasteiger partial charge in [0.1, 0.15) is 5.82 Å². The number of hydrogen-bond acceptors (Lipinski definition) is 6. The van der Waals surface area contributed by atoms with Crippen LogP contribution in [0.4, 0.5) is 4.39 Å². The maximum absolute atomic E-state index is 13.9. The third-order valence-corrected chi connectivity index (χ3v) is 8.97. The first kappa shape index (κ1) is 35.1. The highest BCUT2D eigenvalue weighted by Gasteiger charge is 2.22. The second-order valence-corrected chi connectivity index (χ2v) is 13.2. The number of amides is 3. The Bertz CT molecular complexity index is 1590. The number of benzene rings is 3. The van der Waals surface area contributed by atoms with E-state index in [-0.39, 0.29) is 58.9 Å². The zero-order chi connectivity index (χ0) is 32.3. The summed E-state index contributed by atoms with van der Waals surface area (Å²) in [6.45, 7) is 3.73. The molecule has 2 N–H and O–H groups in total. The predicted molar refractivity (Wildman–Crippen MR) is 173 cm³/mol. The average Bonchev–Trinajstić information content (AvgIpc) is 2.97. The van der Waals surface area contributed by atoms with Gasteiger partial charge in [0.2, 0.25) is 17.7 Å². The molecule has 0 saturated heterocycles. The van der Waals surface area contributed by atoms with E-state index in [1.807, 2.05) is 11.6 Å². The number of nitrogens with zero attached hydrogens (tertiary/aromatic N) is 1. The Morgan fingerprint density at radius 3 is 2.39 bits per heavy atom. The van der Waals surface area contributed by atoms with Crippen LogP contribution in [0.2, 0.25) is 5.02 Å². The highest BCUT2D eigenvalue weighted by Crippen LogP contribution is 2.33. The summed E-state index contributed by atoms with van der Waals surface area (Å²) < 4.78 is 41.4. The first-order chi connectivity index (χ1) is 20.9. The molecule has 0 heterocycles. The van der Waals surface area contributed by atoms with Crippen molar-refractivity contribution in [3.05, 3.63) is 88.7 Å². The van der Waals surface area contributed by atoms with Gasteiger partial charge in [0.05, 0.1) is 4.90 Å². The van der Waals surface area contributed by atoms with E-state index in [2.05, 4.69) is 17.9 Å². The van der Waals surface area contributed by atoms with Crippen LogP contribution in [0.25, 0.3) is 11.1 Å². The van der Waals surface area contributed by atoms with Gasteiger partial charge in [-0.2, -0.15) is 12.6 Å². The van der Waals surface area contributed by atoms with Crippen LogP contribution in [0.15, 0.2) is 71.6 Å². The molecule has 0 aliphatic carbocycles. The molecule has 8 nitrogen and oxygen atoms in total. The van der Waals surface area contributed by atoms with Crippen LogP contribution in [0.5, 0.6) is 0 Å². The summed E-state index contributed by atoms with van der Waals surface area (Å²) in [5.74, 6) is -1.38. The summed E-state index contributed by atoms with van der Waals surface area (Å²) in [4.78, 5) is 38.7. The second-order valence-electron chi connectivity index (χ2n) is 10.4. The molecule has 3 aromatic carbocycles. The molecule has 0 aromatic heterocycles. The van der Waals surface area contributed by atoms with Crippen molar-refractivity contribution in [2.75, 3.05) is 13.1 Å². The molecule has 1 atom stereocenters. The number of carbonyl (C=O) groups excluding carboxylic acids is 3. The zero-order valence-electron chi connectivity index (χ0n) is 24.7. The summed E-state index contributed by atoms with van der Waals surface area (Å²) in [5, 5.41) is 2.80. The lowest BCUT2D eigenvalue weighted by Gasteiger charge is -2.23. The molecule has 0 radical (unpaired) electrons. The number of carbonyl (C=O) groups is 3. The van der Waals surface area contributed by atoms with Crippen LogP contribution in [0.1, 0.15) is 50.7 Å². The molecule has 44 heavy (non-hydrogen) atoms. The van der Waals surface area contributed by atoms with Gasteiger partial charge < -0.3 is 10.2 Å². The molecule has 12 heteroatoms. The molecule has 0 saturated carbocycles.